The molecule has 2 rings (SSSR count). The molecule has 0 amide bonds. The van der Waals surface area contributed by atoms with Crippen LogP contribution in [0.25, 0.3) is 0 Å². The molecule has 4 nitrogen and oxygen atoms in total. The number of ether oxygens (including phenoxy) is 2. The normalized spacial score (nSPS) is 11.4. The first kappa shape index (κ1) is 13.9. The summed E-state index contributed by atoms with van der Waals surface area (Å²) in [5, 5.41) is 9.43. The molecular formula is C16H16N2O2. The van der Waals surface area contributed by atoms with Gasteiger partial charge in [0.1, 0.15) is 11.5 Å². The predicted molar refractivity (Wildman–Crippen MR) is 75.8 cm³/mol. The number of pyridine rings is 1. The van der Waals surface area contributed by atoms with E-state index in [1.54, 1.807) is 32.7 Å². The molecule has 2 aromatic rings. The Morgan fingerprint density at radius 1 is 1.15 bits per heavy atom. The number of methoxy groups -OCH3 is 2. The molecule has 0 saturated carbocycles. The monoisotopic (exact) mass is 268 g/mol. The van der Waals surface area contributed by atoms with E-state index in [-0.39, 0.29) is 5.92 Å². The third kappa shape index (κ3) is 3.07. The first-order chi connectivity index (χ1) is 9.78. The van der Waals surface area contributed by atoms with E-state index in [1.807, 2.05) is 24.3 Å². The Morgan fingerprint density at radius 2 is 1.90 bits per heavy atom. The number of hydrogen-bond acceptors (Lipinski definition) is 4. The van der Waals surface area contributed by atoms with E-state index >= 15 is 0 Å². The van der Waals surface area contributed by atoms with Gasteiger partial charge in [-0.15, -0.1) is 0 Å². The number of rotatable bonds is 5. The van der Waals surface area contributed by atoms with Crippen molar-refractivity contribution in [2.75, 3.05) is 14.2 Å². The first-order valence-corrected chi connectivity index (χ1v) is 6.29. The van der Waals surface area contributed by atoms with Crippen molar-refractivity contribution in [3.05, 3.63) is 53.9 Å². The van der Waals surface area contributed by atoms with Gasteiger partial charge >= 0.3 is 0 Å². The number of aromatic nitrogens is 1. The van der Waals surface area contributed by atoms with Crippen LogP contribution in [0.5, 0.6) is 11.5 Å². The fourth-order valence-electron chi connectivity index (χ4n) is 2.09. The average Bonchev–Trinajstić information content (AvgIpc) is 2.53. The standard InChI is InChI=1S/C16H16N2O2/c1-19-14-3-4-15(16(10-14)20-2)13(11-17)9-12-5-7-18-8-6-12/h3-8,10,13H,9H2,1-2H3. The highest BCUT2D eigenvalue weighted by atomic mass is 16.5. The van der Waals surface area contributed by atoms with Gasteiger partial charge in [-0.25, -0.2) is 0 Å². The van der Waals surface area contributed by atoms with Crippen LogP contribution in [-0.4, -0.2) is 19.2 Å². The average molecular weight is 268 g/mol. The molecule has 1 aromatic heterocycles. The Morgan fingerprint density at radius 3 is 2.50 bits per heavy atom. The van der Waals surface area contributed by atoms with Gasteiger partial charge in [0.15, 0.2) is 0 Å². The summed E-state index contributed by atoms with van der Waals surface area (Å²) < 4.78 is 10.5. The van der Waals surface area contributed by atoms with Crippen LogP contribution in [0.1, 0.15) is 17.0 Å². The van der Waals surface area contributed by atoms with E-state index in [4.69, 9.17) is 9.47 Å². The van der Waals surface area contributed by atoms with Crippen LogP contribution in [0.15, 0.2) is 42.7 Å². The lowest BCUT2D eigenvalue weighted by atomic mass is 9.93. The zero-order valence-electron chi connectivity index (χ0n) is 11.5. The SMILES string of the molecule is COc1ccc(C(C#N)Cc2ccncc2)c(OC)c1. The molecule has 4 heteroatoms. The fraction of sp³-hybridized carbons (Fsp3) is 0.250. The number of hydrogen-bond donors (Lipinski definition) is 0. The first-order valence-electron chi connectivity index (χ1n) is 6.29. The Labute approximate surface area is 118 Å². The Hall–Kier alpha value is -2.54. The number of nitrogens with zero attached hydrogens (tertiary/aromatic N) is 2. The van der Waals surface area contributed by atoms with Gasteiger partial charge in [-0.2, -0.15) is 5.26 Å². The highest BCUT2D eigenvalue weighted by Gasteiger charge is 2.17. The second-order valence-corrected chi connectivity index (χ2v) is 4.35. The van der Waals surface area contributed by atoms with Gasteiger partial charge in [0.05, 0.1) is 26.2 Å². The molecule has 0 aliphatic heterocycles. The van der Waals surface area contributed by atoms with Gasteiger partial charge in [0.25, 0.3) is 0 Å². The van der Waals surface area contributed by atoms with Crippen LogP contribution in [0, 0.1) is 11.3 Å². The van der Waals surface area contributed by atoms with Gasteiger partial charge < -0.3 is 9.47 Å². The molecule has 20 heavy (non-hydrogen) atoms. The van der Waals surface area contributed by atoms with Crippen molar-refractivity contribution in [3.63, 3.8) is 0 Å². The fourth-order valence-corrected chi connectivity index (χ4v) is 2.09. The van der Waals surface area contributed by atoms with Crippen LogP contribution in [0.4, 0.5) is 0 Å². The smallest absolute Gasteiger partial charge is 0.127 e. The summed E-state index contributed by atoms with van der Waals surface area (Å²) in [6, 6.07) is 11.7. The van der Waals surface area contributed by atoms with Crippen LogP contribution in [0.2, 0.25) is 0 Å². The van der Waals surface area contributed by atoms with Crippen molar-refractivity contribution in [3.8, 4) is 17.6 Å². The van der Waals surface area contributed by atoms with Crippen LogP contribution in [-0.2, 0) is 6.42 Å². The Kier molecular flexibility index (Phi) is 4.56. The van der Waals surface area contributed by atoms with E-state index < -0.39 is 0 Å². The lowest BCUT2D eigenvalue weighted by molar-refractivity contribution is 0.390. The van der Waals surface area contributed by atoms with Gasteiger partial charge in [0.2, 0.25) is 0 Å². The molecule has 1 unspecified atom stereocenters. The van der Waals surface area contributed by atoms with Crippen molar-refractivity contribution in [2.24, 2.45) is 0 Å². The molecule has 0 aliphatic carbocycles. The van der Waals surface area contributed by atoms with Crippen LogP contribution in [0.3, 0.4) is 0 Å². The summed E-state index contributed by atoms with van der Waals surface area (Å²) in [6.07, 6.45) is 4.09. The Balaban J connectivity index is 2.30. The van der Waals surface area contributed by atoms with Crippen molar-refractivity contribution in [1.29, 1.82) is 5.26 Å². The summed E-state index contributed by atoms with van der Waals surface area (Å²) in [5.41, 5.74) is 1.94. The van der Waals surface area contributed by atoms with Gasteiger partial charge in [-0.1, -0.05) is 6.07 Å². The highest BCUT2D eigenvalue weighted by Crippen LogP contribution is 2.32. The van der Waals surface area contributed by atoms with Crippen LogP contribution >= 0.6 is 0 Å². The molecule has 0 radical (unpaired) electrons. The van der Waals surface area contributed by atoms with E-state index in [9.17, 15) is 5.26 Å². The van der Waals surface area contributed by atoms with Crippen LogP contribution < -0.4 is 9.47 Å². The Bertz CT molecular complexity index is 606. The van der Waals surface area contributed by atoms with E-state index in [0.29, 0.717) is 17.9 Å². The summed E-state index contributed by atoms with van der Waals surface area (Å²) in [5.74, 6) is 1.12. The lowest BCUT2D eigenvalue weighted by Crippen LogP contribution is -2.03. The summed E-state index contributed by atoms with van der Waals surface area (Å²) in [4.78, 5) is 3.98. The zero-order chi connectivity index (χ0) is 14.4. The maximum atomic E-state index is 9.43. The summed E-state index contributed by atoms with van der Waals surface area (Å²) in [7, 11) is 3.20. The van der Waals surface area contributed by atoms with Crippen molar-refractivity contribution >= 4 is 0 Å². The lowest BCUT2D eigenvalue weighted by Gasteiger charge is -2.14. The largest absolute Gasteiger partial charge is 0.497 e. The molecule has 0 spiro atoms. The van der Waals surface area contributed by atoms with Gasteiger partial charge in [-0.05, 0) is 30.2 Å². The highest BCUT2D eigenvalue weighted by molar-refractivity contribution is 5.45. The van der Waals surface area contributed by atoms with E-state index in [1.165, 1.54) is 0 Å². The third-order valence-electron chi connectivity index (χ3n) is 3.16. The van der Waals surface area contributed by atoms with Crippen molar-refractivity contribution < 1.29 is 9.47 Å². The second kappa shape index (κ2) is 6.58. The second-order valence-electron chi connectivity index (χ2n) is 4.35. The minimum absolute atomic E-state index is 0.266. The number of benzene rings is 1. The molecule has 0 aliphatic rings. The number of nitriles is 1. The predicted octanol–water partition coefficient (Wildman–Crippen LogP) is 2.95. The maximum absolute atomic E-state index is 9.43. The molecule has 0 fully saturated rings. The molecular weight excluding hydrogens is 252 g/mol. The minimum atomic E-state index is -0.266. The molecule has 0 N–H and O–H groups in total. The third-order valence-corrected chi connectivity index (χ3v) is 3.16. The van der Waals surface area contributed by atoms with Crippen molar-refractivity contribution in [1.82, 2.24) is 4.98 Å². The molecule has 0 saturated heterocycles. The molecule has 102 valence electrons. The van der Waals surface area contributed by atoms with E-state index in [0.717, 1.165) is 11.1 Å². The van der Waals surface area contributed by atoms with Crippen molar-refractivity contribution in [2.45, 2.75) is 12.3 Å². The minimum Gasteiger partial charge on any atom is -0.497 e. The maximum Gasteiger partial charge on any atom is 0.127 e. The molecule has 1 aromatic carbocycles. The molecule has 1 heterocycles. The van der Waals surface area contributed by atoms with Gasteiger partial charge in [-0.3, -0.25) is 4.98 Å². The van der Waals surface area contributed by atoms with Gasteiger partial charge in [0, 0.05) is 24.0 Å². The quantitative estimate of drug-likeness (QED) is 0.836. The van der Waals surface area contributed by atoms with E-state index in [2.05, 4.69) is 11.1 Å². The molecule has 0 bridgehead atoms. The molecule has 1 atom stereocenters. The zero-order valence-corrected chi connectivity index (χ0v) is 11.5. The summed E-state index contributed by atoms with van der Waals surface area (Å²) >= 11 is 0. The topological polar surface area (TPSA) is 55.1 Å². The summed E-state index contributed by atoms with van der Waals surface area (Å²) in [6.45, 7) is 0.